The Morgan fingerprint density at radius 2 is 1.47 bits per heavy atom. The summed E-state index contributed by atoms with van der Waals surface area (Å²) in [4.78, 5) is 0. The second-order valence-corrected chi connectivity index (χ2v) is 4.04. The summed E-state index contributed by atoms with van der Waals surface area (Å²) < 4.78 is 0. The molecule has 0 spiro atoms. The molecule has 2 aromatic carbocycles. The number of hydrogen-bond donors (Lipinski definition) is 0. The van der Waals surface area contributed by atoms with Crippen LogP contribution in [-0.4, -0.2) is 0 Å². The molecular formula is C15H16. The molecule has 2 aromatic rings. The van der Waals surface area contributed by atoms with Gasteiger partial charge in [-0.3, -0.25) is 0 Å². The van der Waals surface area contributed by atoms with Gasteiger partial charge in [-0.15, -0.1) is 0 Å². The molecule has 0 aliphatic heterocycles. The van der Waals surface area contributed by atoms with Gasteiger partial charge in [-0.25, -0.2) is 0 Å². The van der Waals surface area contributed by atoms with Crippen LogP contribution in [0.1, 0.15) is 22.3 Å². The summed E-state index contributed by atoms with van der Waals surface area (Å²) in [6.45, 7) is 10.5. The topological polar surface area (TPSA) is 0 Å². The highest BCUT2D eigenvalue weighted by molar-refractivity contribution is 5.95. The van der Waals surface area contributed by atoms with E-state index in [0.29, 0.717) is 0 Å². The molecule has 0 saturated heterocycles. The van der Waals surface area contributed by atoms with Crippen molar-refractivity contribution < 1.29 is 0 Å². The molecule has 0 unspecified atom stereocenters. The fourth-order valence-corrected chi connectivity index (χ4v) is 2.20. The molecule has 0 heterocycles. The minimum absolute atomic E-state index is 1.27. The molecule has 0 aliphatic rings. The van der Waals surface area contributed by atoms with E-state index in [1.807, 2.05) is 6.08 Å². The molecule has 0 aliphatic carbocycles. The van der Waals surface area contributed by atoms with Crippen LogP contribution in [0.3, 0.4) is 0 Å². The van der Waals surface area contributed by atoms with E-state index in [1.165, 1.54) is 33.0 Å². The molecule has 0 N–H and O–H groups in total. The quantitative estimate of drug-likeness (QED) is 0.633. The maximum Gasteiger partial charge on any atom is -0.0106 e. The summed E-state index contributed by atoms with van der Waals surface area (Å²) in [5, 5.41) is 2.66. The molecule has 0 aromatic heterocycles. The van der Waals surface area contributed by atoms with Crippen LogP contribution >= 0.6 is 0 Å². The van der Waals surface area contributed by atoms with Crippen LogP contribution < -0.4 is 0 Å². The Morgan fingerprint density at radius 1 is 0.867 bits per heavy atom. The van der Waals surface area contributed by atoms with Crippen LogP contribution in [0, 0.1) is 20.8 Å². The largest absolute Gasteiger partial charge is 0.0984 e. The predicted molar refractivity (Wildman–Crippen MR) is 68.3 cm³/mol. The van der Waals surface area contributed by atoms with E-state index in [-0.39, 0.29) is 0 Å². The van der Waals surface area contributed by atoms with Crippen molar-refractivity contribution in [2.45, 2.75) is 20.8 Å². The smallest absolute Gasteiger partial charge is 0.0106 e. The van der Waals surface area contributed by atoms with E-state index in [2.05, 4.69) is 51.6 Å². The first-order valence-electron chi connectivity index (χ1n) is 5.27. The van der Waals surface area contributed by atoms with Crippen molar-refractivity contribution in [3.8, 4) is 0 Å². The summed E-state index contributed by atoms with van der Waals surface area (Å²) in [6, 6.07) is 8.54. The molecule has 0 heteroatoms. The van der Waals surface area contributed by atoms with Gasteiger partial charge in [0.05, 0.1) is 0 Å². The van der Waals surface area contributed by atoms with Crippen molar-refractivity contribution in [1.29, 1.82) is 0 Å². The monoisotopic (exact) mass is 196 g/mol. The second kappa shape index (κ2) is 3.54. The Kier molecular flexibility index (Phi) is 2.36. The summed E-state index contributed by atoms with van der Waals surface area (Å²) >= 11 is 0. The van der Waals surface area contributed by atoms with Gasteiger partial charge in [0.25, 0.3) is 0 Å². The van der Waals surface area contributed by atoms with Crippen molar-refractivity contribution in [2.24, 2.45) is 0 Å². The van der Waals surface area contributed by atoms with E-state index >= 15 is 0 Å². The van der Waals surface area contributed by atoms with Gasteiger partial charge < -0.3 is 0 Å². The highest BCUT2D eigenvalue weighted by atomic mass is 14.1. The standard InChI is InChI=1S/C15H16/c1-5-13-11(3)10(2)12(4)14-8-6-7-9-15(13)14/h5-9H,1H2,2-4H3. The number of rotatable bonds is 1. The van der Waals surface area contributed by atoms with Gasteiger partial charge in [0.15, 0.2) is 0 Å². The van der Waals surface area contributed by atoms with Crippen molar-refractivity contribution >= 4 is 16.8 Å². The van der Waals surface area contributed by atoms with Crippen LogP contribution in [0.15, 0.2) is 30.8 Å². The maximum atomic E-state index is 3.91. The molecule has 0 saturated carbocycles. The lowest BCUT2D eigenvalue weighted by Gasteiger charge is -2.13. The third kappa shape index (κ3) is 1.37. The van der Waals surface area contributed by atoms with Gasteiger partial charge in [-0.05, 0) is 53.8 Å². The number of hydrogen-bond acceptors (Lipinski definition) is 0. The van der Waals surface area contributed by atoms with Gasteiger partial charge >= 0.3 is 0 Å². The zero-order valence-corrected chi connectivity index (χ0v) is 9.59. The molecule has 2 rings (SSSR count). The molecule has 0 bridgehead atoms. The molecular weight excluding hydrogens is 180 g/mol. The first-order chi connectivity index (χ1) is 7.16. The SMILES string of the molecule is C=Cc1c(C)c(C)c(C)c2ccccc12. The maximum absolute atomic E-state index is 3.91. The van der Waals surface area contributed by atoms with Crippen molar-refractivity contribution in [2.75, 3.05) is 0 Å². The highest BCUT2D eigenvalue weighted by Gasteiger charge is 2.08. The predicted octanol–water partition coefficient (Wildman–Crippen LogP) is 4.41. The first kappa shape index (κ1) is 9.97. The summed E-state index contributed by atoms with van der Waals surface area (Å²) in [6.07, 6.45) is 1.96. The molecule has 0 nitrogen and oxygen atoms in total. The van der Waals surface area contributed by atoms with E-state index in [1.54, 1.807) is 0 Å². The lowest BCUT2D eigenvalue weighted by Crippen LogP contribution is -1.93. The first-order valence-corrected chi connectivity index (χ1v) is 5.27. The Balaban J connectivity index is 3.04. The fourth-order valence-electron chi connectivity index (χ4n) is 2.20. The van der Waals surface area contributed by atoms with E-state index in [9.17, 15) is 0 Å². The van der Waals surface area contributed by atoms with Crippen molar-refractivity contribution in [3.63, 3.8) is 0 Å². The second-order valence-electron chi connectivity index (χ2n) is 4.04. The van der Waals surface area contributed by atoms with Gasteiger partial charge in [0.1, 0.15) is 0 Å². The number of benzene rings is 2. The summed E-state index contributed by atoms with van der Waals surface area (Å²) in [7, 11) is 0. The van der Waals surface area contributed by atoms with E-state index in [4.69, 9.17) is 0 Å². The summed E-state index contributed by atoms with van der Waals surface area (Å²) in [5.74, 6) is 0. The number of aryl methyl sites for hydroxylation is 1. The Labute approximate surface area is 91.2 Å². The Morgan fingerprint density at radius 3 is 2.07 bits per heavy atom. The third-order valence-electron chi connectivity index (χ3n) is 3.35. The molecule has 0 atom stereocenters. The van der Waals surface area contributed by atoms with Crippen LogP contribution in [0.2, 0.25) is 0 Å². The van der Waals surface area contributed by atoms with Gasteiger partial charge in [-0.1, -0.05) is 36.9 Å². The van der Waals surface area contributed by atoms with Gasteiger partial charge in [0.2, 0.25) is 0 Å². The van der Waals surface area contributed by atoms with Gasteiger partial charge in [0, 0.05) is 0 Å². The highest BCUT2D eigenvalue weighted by Crippen LogP contribution is 2.29. The minimum atomic E-state index is 1.27. The number of fused-ring (bicyclic) bond motifs is 1. The zero-order chi connectivity index (χ0) is 11.0. The lowest BCUT2D eigenvalue weighted by molar-refractivity contribution is 1.29. The molecule has 0 fully saturated rings. The van der Waals surface area contributed by atoms with E-state index < -0.39 is 0 Å². The molecule has 0 radical (unpaired) electrons. The molecule has 76 valence electrons. The van der Waals surface area contributed by atoms with Gasteiger partial charge in [-0.2, -0.15) is 0 Å². The Hall–Kier alpha value is -1.56. The van der Waals surface area contributed by atoms with Crippen molar-refractivity contribution in [3.05, 3.63) is 53.1 Å². The molecule has 0 amide bonds. The van der Waals surface area contributed by atoms with Crippen LogP contribution in [0.25, 0.3) is 16.8 Å². The fraction of sp³-hybridized carbons (Fsp3) is 0.200. The van der Waals surface area contributed by atoms with Crippen molar-refractivity contribution in [1.82, 2.24) is 0 Å². The van der Waals surface area contributed by atoms with E-state index in [0.717, 1.165) is 0 Å². The Bertz CT molecular complexity index is 533. The molecule has 15 heavy (non-hydrogen) atoms. The average molecular weight is 196 g/mol. The normalized spacial score (nSPS) is 10.6. The zero-order valence-electron chi connectivity index (χ0n) is 9.59. The lowest BCUT2D eigenvalue weighted by atomic mass is 9.91. The summed E-state index contributed by atoms with van der Waals surface area (Å²) in [5.41, 5.74) is 5.38. The third-order valence-corrected chi connectivity index (χ3v) is 3.35. The average Bonchev–Trinajstić information content (AvgIpc) is 2.27. The minimum Gasteiger partial charge on any atom is -0.0984 e. The van der Waals surface area contributed by atoms with Crippen LogP contribution in [0.4, 0.5) is 0 Å². The van der Waals surface area contributed by atoms with Crippen LogP contribution in [0.5, 0.6) is 0 Å². The van der Waals surface area contributed by atoms with Crippen LogP contribution in [-0.2, 0) is 0 Å².